The average molecular weight is 326 g/mol. The fraction of sp³-hybridized carbons (Fsp3) is 0.231. The molecule has 0 aliphatic heterocycles. The Morgan fingerprint density at radius 2 is 1.48 bits per heavy atom. The van der Waals surface area contributed by atoms with Crippen molar-refractivity contribution in [2.75, 3.05) is 0 Å². The number of benzene rings is 1. The van der Waals surface area contributed by atoms with Crippen molar-refractivity contribution in [2.45, 2.75) is 17.7 Å². The largest absolute Gasteiger partial charge is 0.457 e. The van der Waals surface area contributed by atoms with Crippen LogP contribution in [0.1, 0.15) is 10.4 Å². The molecule has 0 aliphatic carbocycles. The van der Waals surface area contributed by atoms with E-state index in [9.17, 15) is 31.4 Å². The summed E-state index contributed by atoms with van der Waals surface area (Å²) in [5.41, 5.74) is -4.36. The van der Waals surface area contributed by atoms with E-state index in [4.69, 9.17) is 0 Å². The Morgan fingerprint density at radius 3 is 1.90 bits per heavy atom. The summed E-state index contributed by atoms with van der Waals surface area (Å²) in [6, 6.07) is 5.03. The highest BCUT2D eigenvalue weighted by Crippen LogP contribution is 2.52. The van der Waals surface area contributed by atoms with E-state index in [0.717, 1.165) is 6.07 Å². The first kappa shape index (κ1) is 15.8. The Hall–Kier alpha value is -1.54. The number of thiophene rings is 1. The zero-order valence-electron chi connectivity index (χ0n) is 10.2. The van der Waals surface area contributed by atoms with Crippen molar-refractivity contribution in [2.24, 2.45) is 0 Å². The topological polar surface area (TPSA) is 20.2 Å². The molecule has 0 amide bonds. The van der Waals surface area contributed by atoms with Gasteiger partial charge in [-0.15, -0.1) is 11.3 Å². The second kappa shape index (κ2) is 5.03. The van der Waals surface area contributed by atoms with Crippen LogP contribution in [0.15, 0.2) is 41.8 Å². The summed E-state index contributed by atoms with van der Waals surface area (Å²) in [6.45, 7) is 0. The van der Waals surface area contributed by atoms with Gasteiger partial charge in [-0.25, -0.2) is 4.39 Å². The maximum atomic E-state index is 13.9. The molecule has 114 valence electrons. The Kier molecular flexibility index (Phi) is 3.79. The van der Waals surface area contributed by atoms with Crippen molar-refractivity contribution in [3.63, 3.8) is 0 Å². The molecule has 0 radical (unpaired) electrons. The molecule has 0 saturated heterocycles. The summed E-state index contributed by atoms with van der Waals surface area (Å²) in [4.78, 5) is -0.587. The number of hydrogen-bond donors (Lipinski definition) is 1. The third kappa shape index (κ3) is 2.42. The zero-order chi connectivity index (χ0) is 15.9. The summed E-state index contributed by atoms with van der Waals surface area (Å²) in [7, 11) is 0. The molecule has 1 unspecified atom stereocenters. The van der Waals surface area contributed by atoms with Gasteiger partial charge in [-0.1, -0.05) is 18.2 Å². The lowest BCUT2D eigenvalue weighted by molar-refractivity contribution is -0.335. The Balaban J connectivity index is 2.69. The van der Waals surface area contributed by atoms with Crippen LogP contribution in [-0.4, -0.2) is 17.2 Å². The van der Waals surface area contributed by atoms with Crippen molar-refractivity contribution in [1.82, 2.24) is 0 Å². The molecule has 1 atom stereocenters. The molecule has 1 aromatic carbocycles. The minimum Gasteiger partial charge on any atom is -0.374 e. The summed E-state index contributed by atoms with van der Waals surface area (Å²) < 4.78 is 78.7. The maximum absolute atomic E-state index is 13.9. The van der Waals surface area contributed by atoms with Crippen LogP contribution in [-0.2, 0) is 5.60 Å². The summed E-state index contributed by atoms with van der Waals surface area (Å²) >= 11 is 0.548. The molecule has 1 aromatic heterocycles. The molecule has 0 aliphatic rings. The monoisotopic (exact) mass is 326 g/mol. The molecule has 1 nitrogen and oxygen atoms in total. The Bertz CT molecular complexity index is 605. The molecule has 1 N–H and O–H groups in total. The van der Waals surface area contributed by atoms with Gasteiger partial charge in [0.2, 0.25) is 0 Å². The Labute approximate surface area is 119 Å². The fourth-order valence-electron chi connectivity index (χ4n) is 1.86. The first-order valence-electron chi connectivity index (χ1n) is 5.57. The summed E-state index contributed by atoms with van der Waals surface area (Å²) in [5, 5.41) is 11.5. The zero-order valence-corrected chi connectivity index (χ0v) is 11.0. The maximum Gasteiger partial charge on any atom is 0.457 e. The first-order valence-corrected chi connectivity index (χ1v) is 6.45. The highest BCUT2D eigenvalue weighted by molar-refractivity contribution is 7.10. The van der Waals surface area contributed by atoms with Crippen LogP contribution in [0.3, 0.4) is 0 Å². The van der Waals surface area contributed by atoms with Crippen LogP contribution in [0.5, 0.6) is 0 Å². The lowest BCUT2D eigenvalue weighted by atomic mass is 9.85. The molecule has 8 heteroatoms. The second-order valence-electron chi connectivity index (χ2n) is 4.27. The van der Waals surface area contributed by atoms with Gasteiger partial charge in [0.25, 0.3) is 0 Å². The summed E-state index contributed by atoms with van der Waals surface area (Å²) in [5.74, 6) is -6.26. The molecule has 0 fully saturated rings. The van der Waals surface area contributed by atoms with Crippen molar-refractivity contribution in [3.05, 3.63) is 58.0 Å². The van der Waals surface area contributed by atoms with Gasteiger partial charge in [-0.2, -0.15) is 22.0 Å². The van der Waals surface area contributed by atoms with E-state index in [1.807, 2.05) is 0 Å². The van der Waals surface area contributed by atoms with E-state index in [1.165, 1.54) is 11.4 Å². The van der Waals surface area contributed by atoms with E-state index in [2.05, 4.69) is 0 Å². The molecule has 2 rings (SSSR count). The van der Waals surface area contributed by atoms with Crippen molar-refractivity contribution < 1.29 is 31.4 Å². The van der Waals surface area contributed by atoms with Gasteiger partial charge in [-0.05, 0) is 29.1 Å². The van der Waals surface area contributed by atoms with Crippen LogP contribution in [0.25, 0.3) is 0 Å². The highest BCUT2D eigenvalue weighted by Gasteiger charge is 2.71. The van der Waals surface area contributed by atoms with E-state index in [1.54, 1.807) is 0 Å². The average Bonchev–Trinajstić information content (AvgIpc) is 2.91. The van der Waals surface area contributed by atoms with Crippen LogP contribution in [0.2, 0.25) is 0 Å². The third-order valence-electron chi connectivity index (χ3n) is 2.95. The smallest absolute Gasteiger partial charge is 0.374 e. The van der Waals surface area contributed by atoms with Crippen LogP contribution in [0.4, 0.5) is 26.3 Å². The molecule has 0 saturated carbocycles. The van der Waals surface area contributed by atoms with Crippen molar-refractivity contribution >= 4 is 11.3 Å². The normalized spacial score (nSPS) is 15.8. The predicted molar refractivity (Wildman–Crippen MR) is 64.7 cm³/mol. The second-order valence-corrected chi connectivity index (χ2v) is 5.21. The van der Waals surface area contributed by atoms with Gasteiger partial charge in [0, 0.05) is 4.88 Å². The van der Waals surface area contributed by atoms with Crippen molar-refractivity contribution in [1.29, 1.82) is 0 Å². The van der Waals surface area contributed by atoms with Gasteiger partial charge < -0.3 is 5.11 Å². The van der Waals surface area contributed by atoms with E-state index in [-0.39, 0.29) is 0 Å². The van der Waals surface area contributed by atoms with E-state index < -0.39 is 34.0 Å². The van der Waals surface area contributed by atoms with Crippen LogP contribution < -0.4 is 0 Å². The van der Waals surface area contributed by atoms with E-state index in [0.29, 0.717) is 35.6 Å². The van der Waals surface area contributed by atoms with Crippen molar-refractivity contribution in [3.8, 4) is 0 Å². The van der Waals surface area contributed by atoms with Gasteiger partial charge in [0.1, 0.15) is 5.82 Å². The van der Waals surface area contributed by atoms with Gasteiger partial charge in [-0.3, -0.25) is 0 Å². The minimum absolute atomic E-state index is 0.548. The molecule has 21 heavy (non-hydrogen) atoms. The predicted octanol–water partition coefficient (Wildman–Crippen LogP) is 4.32. The van der Waals surface area contributed by atoms with Crippen LogP contribution >= 0.6 is 11.3 Å². The van der Waals surface area contributed by atoms with Crippen LogP contribution in [0, 0.1) is 5.82 Å². The Morgan fingerprint density at radius 1 is 0.905 bits per heavy atom. The molecule has 2 aromatic rings. The first-order chi connectivity index (χ1) is 9.60. The fourth-order valence-corrected chi connectivity index (χ4v) is 2.74. The molecule has 0 bridgehead atoms. The third-order valence-corrected chi connectivity index (χ3v) is 3.93. The van der Waals surface area contributed by atoms with Gasteiger partial charge in [0.15, 0.2) is 5.60 Å². The molecule has 1 heterocycles. The molecule has 0 spiro atoms. The lowest BCUT2D eigenvalue weighted by Crippen LogP contribution is -2.55. The van der Waals surface area contributed by atoms with E-state index >= 15 is 0 Å². The number of hydrogen-bond acceptors (Lipinski definition) is 2. The number of alkyl halides is 5. The highest BCUT2D eigenvalue weighted by atomic mass is 32.1. The number of aliphatic hydroxyl groups is 1. The SMILES string of the molecule is OC(c1ccc(F)cc1)(c1cccs1)C(F)(F)C(F)(F)F. The lowest BCUT2D eigenvalue weighted by Gasteiger charge is -2.36. The standard InChI is InChI=1S/C13H8F6OS/c14-9-5-3-8(4-6-9)11(20,10-2-1-7-21-10)12(15,16)13(17,18)19/h1-7,20H. The minimum atomic E-state index is -5.97. The van der Waals surface area contributed by atoms with Gasteiger partial charge in [0.05, 0.1) is 0 Å². The molecular formula is C13H8F6OS. The summed E-state index contributed by atoms with van der Waals surface area (Å²) in [6.07, 6.45) is -5.97. The molecular weight excluding hydrogens is 318 g/mol. The van der Waals surface area contributed by atoms with Gasteiger partial charge >= 0.3 is 12.1 Å². The number of rotatable bonds is 3. The number of halogens is 6. The quantitative estimate of drug-likeness (QED) is 0.833.